The molecule has 0 aromatic carbocycles. The standard InChI is InChI=1S/C13H25NO2/c15-9-7-11-4-3-8-14(10-11)12-5-1-2-6-13(12)16/h11-13,15-16H,1-10H2. The molecular formula is C13H25NO2. The second kappa shape index (κ2) is 5.99. The van der Waals surface area contributed by atoms with E-state index in [1.165, 1.54) is 25.7 Å². The Morgan fingerprint density at radius 1 is 1.06 bits per heavy atom. The molecule has 0 amide bonds. The van der Waals surface area contributed by atoms with Crippen LogP contribution in [0.15, 0.2) is 0 Å². The molecular weight excluding hydrogens is 202 g/mol. The van der Waals surface area contributed by atoms with Crippen molar-refractivity contribution in [3.8, 4) is 0 Å². The van der Waals surface area contributed by atoms with E-state index >= 15 is 0 Å². The predicted molar refractivity (Wildman–Crippen MR) is 64.3 cm³/mol. The molecule has 94 valence electrons. The molecule has 0 aromatic rings. The van der Waals surface area contributed by atoms with Crippen LogP contribution in [0.25, 0.3) is 0 Å². The van der Waals surface area contributed by atoms with Gasteiger partial charge in [-0.2, -0.15) is 0 Å². The predicted octanol–water partition coefficient (Wildman–Crippen LogP) is 1.38. The summed E-state index contributed by atoms with van der Waals surface area (Å²) in [5.41, 5.74) is 0. The second-order valence-electron chi connectivity index (χ2n) is 5.43. The Hall–Kier alpha value is -0.120. The summed E-state index contributed by atoms with van der Waals surface area (Å²) in [5.74, 6) is 0.646. The zero-order valence-electron chi connectivity index (χ0n) is 10.1. The molecule has 0 spiro atoms. The fourth-order valence-electron chi connectivity index (χ4n) is 3.33. The van der Waals surface area contributed by atoms with E-state index in [1.807, 2.05) is 0 Å². The number of nitrogens with zero attached hydrogens (tertiary/aromatic N) is 1. The van der Waals surface area contributed by atoms with E-state index in [9.17, 15) is 5.11 Å². The lowest BCUT2D eigenvalue weighted by atomic mass is 9.87. The first-order valence-electron chi connectivity index (χ1n) is 6.84. The molecule has 16 heavy (non-hydrogen) atoms. The fourth-order valence-corrected chi connectivity index (χ4v) is 3.33. The van der Waals surface area contributed by atoms with E-state index in [4.69, 9.17) is 5.11 Å². The molecule has 2 aliphatic rings. The number of aliphatic hydroxyl groups is 2. The Balaban J connectivity index is 1.87. The van der Waals surface area contributed by atoms with Crippen molar-refractivity contribution in [2.24, 2.45) is 5.92 Å². The Kier molecular flexibility index (Phi) is 4.62. The highest BCUT2D eigenvalue weighted by Crippen LogP contribution is 2.28. The molecule has 1 saturated heterocycles. The molecule has 2 N–H and O–H groups in total. The molecule has 0 bridgehead atoms. The molecule has 3 nitrogen and oxygen atoms in total. The van der Waals surface area contributed by atoms with Crippen molar-refractivity contribution in [2.75, 3.05) is 19.7 Å². The van der Waals surface area contributed by atoms with Gasteiger partial charge in [-0.25, -0.2) is 0 Å². The van der Waals surface area contributed by atoms with Crippen LogP contribution in [0.2, 0.25) is 0 Å². The van der Waals surface area contributed by atoms with Gasteiger partial charge in [-0.1, -0.05) is 12.8 Å². The third-order valence-corrected chi connectivity index (χ3v) is 4.25. The maximum atomic E-state index is 10.0. The van der Waals surface area contributed by atoms with Gasteiger partial charge in [0.15, 0.2) is 0 Å². The van der Waals surface area contributed by atoms with Gasteiger partial charge >= 0.3 is 0 Å². The number of hydrogen-bond acceptors (Lipinski definition) is 3. The van der Waals surface area contributed by atoms with Gasteiger partial charge in [-0.3, -0.25) is 4.90 Å². The summed E-state index contributed by atoms with van der Waals surface area (Å²) in [6, 6.07) is 0.398. The van der Waals surface area contributed by atoms with Crippen LogP contribution in [0.1, 0.15) is 44.9 Å². The van der Waals surface area contributed by atoms with Gasteiger partial charge in [0, 0.05) is 19.2 Å². The largest absolute Gasteiger partial charge is 0.396 e. The number of likely N-dealkylation sites (tertiary alicyclic amines) is 1. The first-order chi connectivity index (χ1) is 7.81. The minimum atomic E-state index is -0.110. The van der Waals surface area contributed by atoms with Gasteiger partial charge in [0.05, 0.1) is 6.10 Å². The van der Waals surface area contributed by atoms with E-state index in [2.05, 4.69) is 4.90 Å². The van der Waals surface area contributed by atoms with Gasteiger partial charge in [0.25, 0.3) is 0 Å². The van der Waals surface area contributed by atoms with Crippen molar-refractivity contribution in [3.05, 3.63) is 0 Å². The summed E-state index contributed by atoms with van der Waals surface area (Å²) in [6.07, 6.45) is 7.89. The van der Waals surface area contributed by atoms with E-state index in [0.717, 1.165) is 32.4 Å². The highest BCUT2D eigenvalue weighted by Gasteiger charge is 2.31. The quantitative estimate of drug-likeness (QED) is 0.765. The van der Waals surface area contributed by atoms with Gasteiger partial charge in [0.1, 0.15) is 0 Å². The topological polar surface area (TPSA) is 43.7 Å². The smallest absolute Gasteiger partial charge is 0.0695 e. The molecule has 0 aromatic heterocycles. The minimum Gasteiger partial charge on any atom is -0.396 e. The SMILES string of the molecule is OCCC1CCCN(C2CCCCC2O)C1. The lowest BCUT2D eigenvalue weighted by molar-refractivity contribution is -0.00222. The normalized spacial score (nSPS) is 37.5. The van der Waals surface area contributed by atoms with Crippen LogP contribution >= 0.6 is 0 Å². The molecule has 3 unspecified atom stereocenters. The molecule has 2 rings (SSSR count). The Morgan fingerprint density at radius 3 is 2.62 bits per heavy atom. The van der Waals surface area contributed by atoms with Crippen LogP contribution in [-0.4, -0.2) is 47.0 Å². The molecule has 2 fully saturated rings. The summed E-state index contributed by atoms with van der Waals surface area (Å²) in [7, 11) is 0. The Bertz CT molecular complexity index is 208. The van der Waals surface area contributed by atoms with Crippen LogP contribution in [-0.2, 0) is 0 Å². The number of hydrogen-bond donors (Lipinski definition) is 2. The molecule has 3 atom stereocenters. The van der Waals surface area contributed by atoms with Gasteiger partial charge < -0.3 is 10.2 Å². The molecule has 0 radical (unpaired) electrons. The average Bonchev–Trinajstić information content (AvgIpc) is 2.30. The molecule has 1 aliphatic heterocycles. The molecule has 3 heteroatoms. The first-order valence-corrected chi connectivity index (χ1v) is 6.84. The zero-order chi connectivity index (χ0) is 11.4. The van der Waals surface area contributed by atoms with Crippen LogP contribution < -0.4 is 0 Å². The zero-order valence-corrected chi connectivity index (χ0v) is 10.1. The average molecular weight is 227 g/mol. The third-order valence-electron chi connectivity index (χ3n) is 4.25. The first kappa shape index (κ1) is 12.3. The highest BCUT2D eigenvalue weighted by atomic mass is 16.3. The minimum absolute atomic E-state index is 0.110. The molecule has 1 saturated carbocycles. The summed E-state index contributed by atoms with van der Waals surface area (Å²) in [6.45, 7) is 2.54. The number of piperidine rings is 1. The summed E-state index contributed by atoms with van der Waals surface area (Å²) in [5, 5.41) is 19.0. The van der Waals surface area contributed by atoms with Crippen LogP contribution in [0.3, 0.4) is 0 Å². The fraction of sp³-hybridized carbons (Fsp3) is 1.00. The van der Waals surface area contributed by atoms with Crippen molar-refractivity contribution in [1.82, 2.24) is 4.90 Å². The molecule has 1 aliphatic carbocycles. The summed E-state index contributed by atoms with van der Waals surface area (Å²) < 4.78 is 0. The monoisotopic (exact) mass is 227 g/mol. The van der Waals surface area contributed by atoms with Crippen molar-refractivity contribution in [3.63, 3.8) is 0 Å². The lowest BCUT2D eigenvalue weighted by Gasteiger charge is -2.42. The highest BCUT2D eigenvalue weighted by molar-refractivity contribution is 4.86. The number of rotatable bonds is 3. The van der Waals surface area contributed by atoms with Crippen molar-refractivity contribution >= 4 is 0 Å². The van der Waals surface area contributed by atoms with Crippen molar-refractivity contribution in [1.29, 1.82) is 0 Å². The summed E-state index contributed by atoms with van der Waals surface area (Å²) in [4.78, 5) is 2.48. The van der Waals surface area contributed by atoms with Gasteiger partial charge in [-0.15, -0.1) is 0 Å². The van der Waals surface area contributed by atoms with E-state index in [-0.39, 0.29) is 6.10 Å². The summed E-state index contributed by atoms with van der Waals surface area (Å²) >= 11 is 0. The second-order valence-corrected chi connectivity index (χ2v) is 5.43. The lowest BCUT2D eigenvalue weighted by Crippen LogP contribution is -2.49. The van der Waals surface area contributed by atoms with Crippen molar-refractivity contribution < 1.29 is 10.2 Å². The number of aliphatic hydroxyl groups excluding tert-OH is 2. The van der Waals surface area contributed by atoms with Crippen LogP contribution in [0, 0.1) is 5.92 Å². The van der Waals surface area contributed by atoms with Crippen molar-refractivity contribution in [2.45, 2.75) is 57.1 Å². The third kappa shape index (κ3) is 2.96. The van der Waals surface area contributed by atoms with E-state index < -0.39 is 0 Å². The Labute approximate surface area is 98.5 Å². The van der Waals surface area contributed by atoms with Gasteiger partial charge in [-0.05, 0) is 44.6 Å². The Morgan fingerprint density at radius 2 is 1.88 bits per heavy atom. The maximum Gasteiger partial charge on any atom is 0.0695 e. The van der Waals surface area contributed by atoms with E-state index in [0.29, 0.717) is 18.6 Å². The van der Waals surface area contributed by atoms with E-state index in [1.54, 1.807) is 0 Å². The maximum absolute atomic E-state index is 10.0. The molecule has 1 heterocycles. The van der Waals surface area contributed by atoms with Crippen LogP contribution in [0.5, 0.6) is 0 Å². The van der Waals surface area contributed by atoms with Gasteiger partial charge in [0.2, 0.25) is 0 Å². The van der Waals surface area contributed by atoms with Crippen LogP contribution in [0.4, 0.5) is 0 Å².